The van der Waals surface area contributed by atoms with Crippen LogP contribution in [0.2, 0.25) is 0 Å². The molecule has 0 spiro atoms. The Hall–Kier alpha value is -2.56. The first-order valence-corrected chi connectivity index (χ1v) is 18.4. The molecule has 8 atom stereocenters. The van der Waals surface area contributed by atoms with Crippen LogP contribution in [-0.2, 0) is 9.53 Å². The number of benzene rings is 1. The number of hydrogen-bond acceptors (Lipinski definition) is 5. The summed E-state index contributed by atoms with van der Waals surface area (Å²) in [5.74, 6) is 5.14. The zero-order valence-electron chi connectivity index (χ0n) is 29.8. The van der Waals surface area contributed by atoms with E-state index in [-0.39, 0.29) is 29.7 Å². The van der Waals surface area contributed by atoms with Gasteiger partial charge in [0.15, 0.2) is 6.61 Å². The molecule has 1 aromatic carbocycles. The van der Waals surface area contributed by atoms with E-state index in [9.17, 15) is 9.59 Å². The lowest BCUT2D eigenvalue weighted by atomic mass is 9.47. The summed E-state index contributed by atoms with van der Waals surface area (Å²) in [4.78, 5) is 25.3. The summed E-state index contributed by atoms with van der Waals surface area (Å²) in [5.41, 5.74) is 4.68. The number of carbonyl (C=O) groups is 1. The second-order valence-electron chi connectivity index (χ2n) is 16.6. The molecular weight excluding hydrogens is 572 g/mol. The van der Waals surface area contributed by atoms with Crippen LogP contribution in [0.1, 0.15) is 122 Å². The summed E-state index contributed by atoms with van der Waals surface area (Å²) in [7, 11) is 0. The van der Waals surface area contributed by atoms with Crippen LogP contribution in [-0.4, -0.2) is 18.7 Å². The van der Waals surface area contributed by atoms with Crippen LogP contribution in [0.5, 0.6) is 5.75 Å². The van der Waals surface area contributed by atoms with Crippen molar-refractivity contribution in [3.05, 3.63) is 50.9 Å². The zero-order chi connectivity index (χ0) is 33.0. The lowest BCUT2D eigenvalue weighted by Gasteiger charge is -2.58. The van der Waals surface area contributed by atoms with Gasteiger partial charge in [0.1, 0.15) is 17.4 Å². The Bertz CT molecular complexity index is 1550. The minimum atomic E-state index is -0.339. The molecule has 0 radical (unpaired) electrons. The van der Waals surface area contributed by atoms with E-state index < -0.39 is 0 Å². The van der Waals surface area contributed by atoms with Crippen molar-refractivity contribution in [1.29, 1.82) is 0 Å². The van der Waals surface area contributed by atoms with Crippen molar-refractivity contribution < 1.29 is 18.7 Å². The van der Waals surface area contributed by atoms with Gasteiger partial charge < -0.3 is 13.9 Å². The summed E-state index contributed by atoms with van der Waals surface area (Å²) in [5, 5.41) is 0.889. The number of esters is 1. The molecule has 0 aliphatic heterocycles. The van der Waals surface area contributed by atoms with Crippen molar-refractivity contribution >= 4 is 16.9 Å². The molecule has 0 amide bonds. The van der Waals surface area contributed by atoms with Crippen LogP contribution in [0.25, 0.3) is 11.0 Å². The van der Waals surface area contributed by atoms with E-state index in [0.29, 0.717) is 22.3 Å². The maximum Gasteiger partial charge on any atom is 0.344 e. The SMILES string of the molecule is Cc1c(C)c2ccc(OCC(=O)O[C@H]3CC[C@@]4(C)C(=CCC5C4CC[C@@]4(C)C5CC[C@@H]4[C@H](C)CCCC(C)C)C3)c(C)c2oc1=O. The Kier molecular flexibility index (Phi) is 9.28. The molecule has 4 aliphatic rings. The minimum absolute atomic E-state index is 0.0928. The smallest absolute Gasteiger partial charge is 0.344 e. The summed E-state index contributed by atoms with van der Waals surface area (Å²) >= 11 is 0. The average molecular weight is 631 g/mol. The van der Waals surface area contributed by atoms with Gasteiger partial charge in [0, 0.05) is 22.9 Å². The van der Waals surface area contributed by atoms with Gasteiger partial charge >= 0.3 is 11.6 Å². The van der Waals surface area contributed by atoms with E-state index >= 15 is 0 Å². The maximum absolute atomic E-state index is 13.0. The largest absolute Gasteiger partial charge is 0.481 e. The number of carbonyl (C=O) groups excluding carboxylic acids is 1. The monoisotopic (exact) mass is 630 g/mol. The van der Waals surface area contributed by atoms with E-state index in [1.54, 1.807) is 6.92 Å². The molecule has 46 heavy (non-hydrogen) atoms. The molecule has 5 heteroatoms. The highest BCUT2D eigenvalue weighted by Gasteiger charge is 2.59. The molecule has 4 aliphatic carbocycles. The topological polar surface area (TPSA) is 65.7 Å². The summed E-state index contributed by atoms with van der Waals surface area (Å²) in [6, 6.07) is 3.75. The predicted octanol–water partition coefficient (Wildman–Crippen LogP) is 10.1. The third-order valence-corrected chi connectivity index (χ3v) is 13.7. The zero-order valence-corrected chi connectivity index (χ0v) is 29.8. The van der Waals surface area contributed by atoms with Crippen LogP contribution in [0, 0.1) is 67.1 Å². The van der Waals surface area contributed by atoms with Crippen LogP contribution < -0.4 is 10.4 Å². The molecule has 1 heterocycles. The third-order valence-electron chi connectivity index (χ3n) is 13.7. The number of rotatable bonds is 9. The van der Waals surface area contributed by atoms with E-state index in [0.717, 1.165) is 71.3 Å². The summed E-state index contributed by atoms with van der Waals surface area (Å²) < 4.78 is 17.5. The normalized spacial score (nSPS) is 32.8. The third kappa shape index (κ3) is 5.87. The molecular formula is C41H58O5. The molecule has 0 N–H and O–H groups in total. The molecule has 6 rings (SSSR count). The van der Waals surface area contributed by atoms with Crippen molar-refractivity contribution in [3.8, 4) is 5.75 Å². The van der Waals surface area contributed by atoms with Crippen molar-refractivity contribution in [2.45, 2.75) is 132 Å². The van der Waals surface area contributed by atoms with Crippen molar-refractivity contribution in [3.63, 3.8) is 0 Å². The van der Waals surface area contributed by atoms with Crippen LogP contribution in [0.15, 0.2) is 33.0 Å². The number of aryl methyl sites for hydroxylation is 2. The van der Waals surface area contributed by atoms with Gasteiger partial charge in [-0.05, 0) is 130 Å². The second kappa shape index (κ2) is 12.8. The predicted molar refractivity (Wildman–Crippen MR) is 185 cm³/mol. The Labute approximate surface area is 276 Å². The minimum Gasteiger partial charge on any atom is -0.481 e. The molecule has 3 fully saturated rings. The first-order chi connectivity index (χ1) is 21.8. The van der Waals surface area contributed by atoms with Crippen LogP contribution in [0.3, 0.4) is 0 Å². The lowest BCUT2D eigenvalue weighted by Crippen LogP contribution is -2.51. The average Bonchev–Trinajstić information content (AvgIpc) is 3.37. The van der Waals surface area contributed by atoms with Gasteiger partial charge in [0.2, 0.25) is 0 Å². The van der Waals surface area contributed by atoms with E-state index in [4.69, 9.17) is 13.9 Å². The first kappa shape index (κ1) is 33.3. The van der Waals surface area contributed by atoms with Gasteiger partial charge in [-0.3, -0.25) is 0 Å². The van der Waals surface area contributed by atoms with E-state index in [1.807, 2.05) is 26.0 Å². The van der Waals surface area contributed by atoms with Gasteiger partial charge in [-0.1, -0.05) is 65.5 Å². The van der Waals surface area contributed by atoms with E-state index in [1.165, 1.54) is 56.9 Å². The van der Waals surface area contributed by atoms with Gasteiger partial charge in [-0.2, -0.15) is 0 Å². The summed E-state index contributed by atoms with van der Waals surface area (Å²) in [6.07, 6.45) is 16.2. The Morgan fingerprint density at radius 3 is 2.50 bits per heavy atom. The fourth-order valence-electron chi connectivity index (χ4n) is 10.9. The molecule has 3 unspecified atom stereocenters. The highest BCUT2D eigenvalue weighted by Crippen LogP contribution is 2.67. The number of fused-ring (bicyclic) bond motifs is 6. The van der Waals surface area contributed by atoms with Gasteiger partial charge in [-0.25, -0.2) is 9.59 Å². The molecule has 252 valence electrons. The molecule has 0 bridgehead atoms. The Morgan fingerprint density at radius 2 is 1.74 bits per heavy atom. The Balaban J connectivity index is 1.07. The fraction of sp³-hybridized carbons (Fsp3) is 0.707. The number of ether oxygens (including phenoxy) is 2. The van der Waals surface area contributed by atoms with Crippen LogP contribution >= 0.6 is 0 Å². The molecule has 1 aromatic heterocycles. The van der Waals surface area contributed by atoms with Crippen molar-refractivity contribution in [1.82, 2.24) is 0 Å². The highest BCUT2D eigenvalue weighted by molar-refractivity contribution is 5.85. The lowest BCUT2D eigenvalue weighted by molar-refractivity contribution is -0.153. The molecule has 3 saturated carbocycles. The summed E-state index contributed by atoms with van der Waals surface area (Å²) in [6.45, 7) is 17.9. The van der Waals surface area contributed by atoms with Crippen molar-refractivity contribution in [2.75, 3.05) is 6.61 Å². The first-order valence-electron chi connectivity index (χ1n) is 18.4. The maximum atomic E-state index is 13.0. The second-order valence-corrected chi connectivity index (χ2v) is 16.6. The van der Waals surface area contributed by atoms with E-state index in [2.05, 4.69) is 40.7 Å². The van der Waals surface area contributed by atoms with Crippen molar-refractivity contribution in [2.24, 2.45) is 46.3 Å². The number of hydrogen-bond donors (Lipinski definition) is 0. The quantitative estimate of drug-likeness (QED) is 0.157. The fourth-order valence-corrected chi connectivity index (χ4v) is 10.9. The number of allylic oxidation sites excluding steroid dienone is 1. The van der Waals surface area contributed by atoms with Gasteiger partial charge in [0.25, 0.3) is 0 Å². The van der Waals surface area contributed by atoms with Gasteiger partial charge in [0.05, 0.1) is 0 Å². The molecule has 0 saturated heterocycles. The van der Waals surface area contributed by atoms with Crippen LogP contribution in [0.4, 0.5) is 0 Å². The molecule has 2 aromatic rings. The highest BCUT2D eigenvalue weighted by atomic mass is 16.6. The standard InChI is InChI=1S/C41H58O5/c1-24(2)10-9-11-25(3)33-15-16-34-32-13-12-29-22-30(18-20-40(29,7)35(32)19-21-41(33,34)8)45-37(42)23-44-36-17-14-31-26(4)27(5)39(43)46-38(31)28(36)6/h12,14,17,24-25,30,32-35H,9-11,13,15-16,18-23H2,1-8H3/t25-,30+,32?,33-,34?,35?,40+,41-/m1/s1. The molecule has 5 nitrogen and oxygen atoms in total. The van der Waals surface area contributed by atoms with Gasteiger partial charge in [-0.15, -0.1) is 0 Å². The Morgan fingerprint density at radius 1 is 0.957 bits per heavy atom.